The first-order valence-corrected chi connectivity index (χ1v) is 5.54. The number of carbonyl (C=O) groups is 1. The fourth-order valence-corrected chi connectivity index (χ4v) is 2.35. The van der Waals surface area contributed by atoms with Crippen molar-refractivity contribution < 1.29 is 9.63 Å². The molecular weight excluding hydrogens is 180 g/mol. The molecular formula is C10H16N2O2. The number of hydroxylamine groups is 2. The summed E-state index contributed by atoms with van der Waals surface area (Å²) in [5.74, 6) is 0.855. The SMILES string of the molecule is O=C1CC(C2CC2)ON1C1CCNC1. The van der Waals surface area contributed by atoms with Gasteiger partial charge in [-0.1, -0.05) is 0 Å². The summed E-state index contributed by atoms with van der Waals surface area (Å²) in [6, 6.07) is 0.284. The van der Waals surface area contributed by atoms with Crippen molar-refractivity contribution in [2.45, 2.75) is 37.8 Å². The van der Waals surface area contributed by atoms with Crippen LogP contribution in [0.1, 0.15) is 25.7 Å². The van der Waals surface area contributed by atoms with E-state index in [0.29, 0.717) is 12.3 Å². The molecule has 78 valence electrons. The maximum atomic E-state index is 11.7. The number of amides is 1. The van der Waals surface area contributed by atoms with Crippen LogP contribution in [0.4, 0.5) is 0 Å². The van der Waals surface area contributed by atoms with Crippen molar-refractivity contribution in [1.29, 1.82) is 0 Å². The van der Waals surface area contributed by atoms with E-state index in [-0.39, 0.29) is 18.1 Å². The van der Waals surface area contributed by atoms with Gasteiger partial charge in [-0.2, -0.15) is 0 Å². The van der Waals surface area contributed by atoms with Crippen molar-refractivity contribution in [2.75, 3.05) is 13.1 Å². The molecule has 2 heterocycles. The van der Waals surface area contributed by atoms with Gasteiger partial charge in [-0.25, -0.2) is 5.06 Å². The lowest BCUT2D eigenvalue weighted by Gasteiger charge is -2.22. The van der Waals surface area contributed by atoms with Crippen LogP contribution < -0.4 is 5.32 Å². The largest absolute Gasteiger partial charge is 0.315 e. The van der Waals surface area contributed by atoms with Gasteiger partial charge in [0.25, 0.3) is 0 Å². The van der Waals surface area contributed by atoms with Crippen LogP contribution >= 0.6 is 0 Å². The third-order valence-electron chi connectivity index (χ3n) is 3.38. The summed E-state index contributed by atoms with van der Waals surface area (Å²) in [7, 11) is 0. The van der Waals surface area contributed by atoms with Crippen LogP contribution in [0, 0.1) is 5.92 Å². The van der Waals surface area contributed by atoms with Gasteiger partial charge in [-0.3, -0.25) is 9.63 Å². The molecule has 2 aliphatic heterocycles. The number of nitrogens with zero attached hydrogens (tertiary/aromatic N) is 1. The van der Waals surface area contributed by atoms with E-state index < -0.39 is 0 Å². The first-order valence-electron chi connectivity index (χ1n) is 5.54. The van der Waals surface area contributed by atoms with Crippen molar-refractivity contribution in [3.05, 3.63) is 0 Å². The van der Waals surface area contributed by atoms with E-state index in [1.807, 2.05) is 0 Å². The summed E-state index contributed by atoms with van der Waals surface area (Å²) >= 11 is 0. The zero-order chi connectivity index (χ0) is 9.54. The lowest BCUT2D eigenvalue weighted by Crippen LogP contribution is -2.37. The summed E-state index contributed by atoms with van der Waals surface area (Å²) < 4.78 is 0. The quantitative estimate of drug-likeness (QED) is 0.690. The van der Waals surface area contributed by atoms with Crippen LogP contribution in [-0.2, 0) is 9.63 Å². The zero-order valence-electron chi connectivity index (χ0n) is 8.24. The first-order chi connectivity index (χ1) is 6.84. The fourth-order valence-electron chi connectivity index (χ4n) is 2.35. The van der Waals surface area contributed by atoms with E-state index in [2.05, 4.69) is 5.32 Å². The average Bonchev–Trinajstić information content (AvgIpc) is 2.75. The maximum Gasteiger partial charge on any atom is 0.249 e. The van der Waals surface area contributed by atoms with Gasteiger partial charge >= 0.3 is 0 Å². The smallest absolute Gasteiger partial charge is 0.249 e. The van der Waals surface area contributed by atoms with Crippen molar-refractivity contribution in [3.8, 4) is 0 Å². The Morgan fingerprint density at radius 3 is 2.86 bits per heavy atom. The summed E-state index contributed by atoms with van der Waals surface area (Å²) in [5.41, 5.74) is 0. The summed E-state index contributed by atoms with van der Waals surface area (Å²) in [4.78, 5) is 17.4. The second-order valence-corrected chi connectivity index (χ2v) is 4.55. The second kappa shape index (κ2) is 3.21. The minimum Gasteiger partial charge on any atom is -0.315 e. The van der Waals surface area contributed by atoms with E-state index in [1.165, 1.54) is 12.8 Å². The topological polar surface area (TPSA) is 41.6 Å². The molecule has 4 heteroatoms. The van der Waals surface area contributed by atoms with Gasteiger partial charge in [0, 0.05) is 6.54 Å². The molecule has 2 atom stereocenters. The predicted octanol–water partition coefficient (Wildman–Crippen LogP) is 0.291. The van der Waals surface area contributed by atoms with Crippen LogP contribution in [0.25, 0.3) is 0 Å². The zero-order valence-corrected chi connectivity index (χ0v) is 8.24. The van der Waals surface area contributed by atoms with Gasteiger partial charge in [0.05, 0.1) is 18.6 Å². The van der Waals surface area contributed by atoms with Gasteiger partial charge in [-0.05, 0) is 31.7 Å². The molecule has 0 bridgehead atoms. The number of hydrogen-bond donors (Lipinski definition) is 1. The molecule has 0 aromatic heterocycles. The van der Waals surface area contributed by atoms with Crippen LogP contribution in [0.2, 0.25) is 0 Å². The first kappa shape index (κ1) is 8.68. The molecule has 1 N–H and O–H groups in total. The molecule has 0 aromatic carbocycles. The molecule has 3 rings (SSSR count). The van der Waals surface area contributed by atoms with Crippen molar-refractivity contribution in [3.63, 3.8) is 0 Å². The Hall–Kier alpha value is -0.610. The predicted molar refractivity (Wildman–Crippen MR) is 50.3 cm³/mol. The van der Waals surface area contributed by atoms with E-state index in [9.17, 15) is 4.79 Å². The highest BCUT2D eigenvalue weighted by Gasteiger charge is 2.43. The Balaban J connectivity index is 1.65. The Morgan fingerprint density at radius 2 is 2.21 bits per heavy atom. The van der Waals surface area contributed by atoms with E-state index in [0.717, 1.165) is 19.5 Å². The molecule has 0 radical (unpaired) electrons. The molecule has 1 amide bonds. The summed E-state index contributed by atoms with van der Waals surface area (Å²) in [6.45, 7) is 1.90. The molecule has 3 fully saturated rings. The maximum absolute atomic E-state index is 11.7. The number of nitrogens with one attached hydrogen (secondary N) is 1. The number of hydrogen-bond acceptors (Lipinski definition) is 3. The minimum absolute atomic E-state index is 0.190. The molecule has 0 spiro atoms. The van der Waals surface area contributed by atoms with Crippen molar-refractivity contribution in [1.82, 2.24) is 10.4 Å². The Kier molecular flexibility index (Phi) is 1.99. The van der Waals surface area contributed by atoms with E-state index >= 15 is 0 Å². The number of carbonyl (C=O) groups excluding carboxylic acids is 1. The average molecular weight is 196 g/mol. The monoisotopic (exact) mass is 196 g/mol. The van der Waals surface area contributed by atoms with E-state index in [4.69, 9.17) is 4.84 Å². The molecule has 1 saturated carbocycles. The van der Waals surface area contributed by atoms with Crippen LogP contribution in [0.3, 0.4) is 0 Å². The summed E-state index contributed by atoms with van der Waals surface area (Å²) in [5, 5.41) is 4.90. The number of rotatable bonds is 2. The molecule has 3 aliphatic rings. The van der Waals surface area contributed by atoms with Crippen LogP contribution in [0.15, 0.2) is 0 Å². The minimum atomic E-state index is 0.190. The van der Waals surface area contributed by atoms with E-state index in [1.54, 1.807) is 5.06 Å². The molecule has 4 nitrogen and oxygen atoms in total. The Labute approximate surface area is 83.5 Å². The Bertz CT molecular complexity index is 247. The van der Waals surface area contributed by atoms with Gasteiger partial charge in [0.2, 0.25) is 5.91 Å². The second-order valence-electron chi connectivity index (χ2n) is 4.55. The molecule has 2 unspecified atom stereocenters. The lowest BCUT2D eigenvalue weighted by molar-refractivity contribution is -0.187. The van der Waals surface area contributed by atoms with Gasteiger partial charge in [-0.15, -0.1) is 0 Å². The Morgan fingerprint density at radius 1 is 1.36 bits per heavy atom. The van der Waals surface area contributed by atoms with Crippen LogP contribution in [0.5, 0.6) is 0 Å². The molecule has 1 aliphatic carbocycles. The third kappa shape index (κ3) is 1.42. The highest BCUT2D eigenvalue weighted by molar-refractivity contribution is 5.77. The fraction of sp³-hybridized carbons (Fsp3) is 0.900. The highest BCUT2D eigenvalue weighted by atomic mass is 16.7. The van der Waals surface area contributed by atoms with Gasteiger partial charge < -0.3 is 5.32 Å². The molecule has 14 heavy (non-hydrogen) atoms. The van der Waals surface area contributed by atoms with Gasteiger partial charge in [0.15, 0.2) is 0 Å². The van der Waals surface area contributed by atoms with Crippen molar-refractivity contribution in [2.24, 2.45) is 5.92 Å². The lowest BCUT2D eigenvalue weighted by atomic mass is 10.1. The highest BCUT2D eigenvalue weighted by Crippen LogP contribution is 2.39. The normalized spacial score (nSPS) is 38.3. The summed E-state index contributed by atoms with van der Waals surface area (Å²) in [6.07, 6.45) is 4.33. The van der Waals surface area contributed by atoms with Crippen molar-refractivity contribution >= 4 is 5.91 Å². The molecule has 2 saturated heterocycles. The molecule has 0 aromatic rings. The standard InChI is InChI=1S/C10H16N2O2/c13-10-5-9(7-1-2-7)14-12(10)8-3-4-11-6-8/h7-9,11H,1-6H2. The van der Waals surface area contributed by atoms with Gasteiger partial charge in [0.1, 0.15) is 0 Å². The van der Waals surface area contributed by atoms with Crippen LogP contribution in [-0.4, -0.2) is 36.2 Å². The third-order valence-corrected chi connectivity index (χ3v) is 3.38.